The van der Waals surface area contributed by atoms with Gasteiger partial charge < -0.3 is 10.1 Å². The highest BCUT2D eigenvalue weighted by Gasteiger charge is 2.23. The smallest absolute Gasteiger partial charge is 0.324 e. The van der Waals surface area contributed by atoms with Gasteiger partial charge in [0.15, 0.2) is 0 Å². The van der Waals surface area contributed by atoms with E-state index < -0.39 is 4.92 Å². The van der Waals surface area contributed by atoms with E-state index in [-0.39, 0.29) is 17.0 Å². The summed E-state index contributed by atoms with van der Waals surface area (Å²) in [4.78, 5) is 25.1. The molecule has 1 unspecified atom stereocenters. The van der Waals surface area contributed by atoms with E-state index in [4.69, 9.17) is 4.74 Å². The third-order valence-corrected chi connectivity index (χ3v) is 4.84. The zero-order valence-electron chi connectivity index (χ0n) is 13.5. The van der Waals surface area contributed by atoms with E-state index in [2.05, 4.69) is 24.1 Å². The third kappa shape index (κ3) is 5.26. The molecule has 8 heteroatoms. The zero-order valence-corrected chi connectivity index (χ0v) is 14.3. The van der Waals surface area contributed by atoms with E-state index in [1.807, 2.05) is 0 Å². The van der Waals surface area contributed by atoms with Crippen LogP contribution >= 0.6 is 11.3 Å². The van der Waals surface area contributed by atoms with E-state index in [1.165, 1.54) is 12.1 Å². The summed E-state index contributed by atoms with van der Waals surface area (Å²) in [6.07, 6.45) is 0.991. The predicted molar refractivity (Wildman–Crippen MR) is 88.9 cm³/mol. The lowest BCUT2D eigenvalue weighted by molar-refractivity contribution is -0.380. The Morgan fingerprint density at radius 3 is 2.70 bits per heavy atom. The molecule has 1 aromatic heterocycles. The van der Waals surface area contributed by atoms with Crippen LogP contribution < -0.4 is 5.32 Å². The Bertz CT molecular complexity index is 541. The second-order valence-electron chi connectivity index (χ2n) is 6.04. The van der Waals surface area contributed by atoms with Gasteiger partial charge in [0.05, 0.1) is 23.0 Å². The van der Waals surface area contributed by atoms with E-state index in [0.29, 0.717) is 17.3 Å². The van der Waals surface area contributed by atoms with Crippen LogP contribution in [0.1, 0.15) is 29.9 Å². The third-order valence-electron chi connectivity index (χ3n) is 3.80. The lowest BCUT2D eigenvalue weighted by Crippen LogP contribution is -2.49. The molecule has 1 saturated heterocycles. The van der Waals surface area contributed by atoms with Gasteiger partial charge in [0.2, 0.25) is 0 Å². The Morgan fingerprint density at radius 2 is 2.13 bits per heavy atom. The number of nitrogens with one attached hydrogen (secondary N) is 1. The van der Waals surface area contributed by atoms with Gasteiger partial charge in [-0.05, 0) is 18.4 Å². The summed E-state index contributed by atoms with van der Waals surface area (Å²) >= 11 is 0.906. The molecule has 0 bridgehead atoms. The lowest BCUT2D eigenvalue weighted by Gasteiger charge is -2.35. The number of ether oxygens (including phenoxy) is 1. The lowest BCUT2D eigenvalue weighted by atomic mass is 10.0. The molecule has 7 nitrogen and oxygen atoms in total. The average Bonchev–Trinajstić information content (AvgIpc) is 3.02. The summed E-state index contributed by atoms with van der Waals surface area (Å²) in [5.41, 5.74) is 0. The molecule has 0 aliphatic carbocycles. The highest BCUT2D eigenvalue weighted by molar-refractivity contribution is 7.17. The number of hydrogen-bond donors (Lipinski definition) is 1. The normalized spacial score (nSPS) is 17.2. The number of carbonyl (C=O) groups excluding carboxylic acids is 1. The van der Waals surface area contributed by atoms with Gasteiger partial charge in [-0.2, -0.15) is 0 Å². The van der Waals surface area contributed by atoms with Crippen molar-refractivity contribution in [1.29, 1.82) is 0 Å². The Kier molecular flexibility index (Phi) is 6.49. The fourth-order valence-corrected chi connectivity index (χ4v) is 3.43. The Balaban J connectivity index is 1.93. The first-order chi connectivity index (χ1) is 11.0. The molecule has 1 amide bonds. The van der Waals surface area contributed by atoms with Crippen molar-refractivity contribution in [2.24, 2.45) is 5.92 Å². The van der Waals surface area contributed by atoms with Crippen molar-refractivity contribution in [3.8, 4) is 0 Å². The molecule has 0 radical (unpaired) electrons. The maximum Gasteiger partial charge on any atom is 0.324 e. The molecule has 2 rings (SSSR count). The molecule has 1 atom stereocenters. The minimum absolute atomic E-state index is 0.0120. The molecular weight excluding hydrogens is 318 g/mol. The Hall–Kier alpha value is -1.51. The summed E-state index contributed by atoms with van der Waals surface area (Å²) < 4.78 is 5.38. The topological polar surface area (TPSA) is 84.7 Å². The van der Waals surface area contributed by atoms with Gasteiger partial charge in [-0.1, -0.05) is 25.2 Å². The number of carbonyl (C=O) groups is 1. The number of thiophene rings is 1. The average molecular weight is 341 g/mol. The number of morpholine rings is 1. The summed E-state index contributed by atoms with van der Waals surface area (Å²) in [5, 5.41) is 13.6. The first-order valence-electron chi connectivity index (χ1n) is 7.81. The summed E-state index contributed by atoms with van der Waals surface area (Å²) in [6, 6.07) is 3.13. The number of hydrogen-bond acceptors (Lipinski definition) is 6. The number of nitro groups is 1. The van der Waals surface area contributed by atoms with Gasteiger partial charge in [-0.25, -0.2) is 0 Å². The second kappa shape index (κ2) is 8.37. The Labute approximate surface area is 139 Å². The van der Waals surface area contributed by atoms with Crippen molar-refractivity contribution in [3.05, 3.63) is 27.1 Å². The number of amides is 1. The molecule has 23 heavy (non-hydrogen) atoms. The molecule has 2 heterocycles. The van der Waals surface area contributed by atoms with Crippen LogP contribution in [0.25, 0.3) is 0 Å². The maximum atomic E-state index is 12.2. The van der Waals surface area contributed by atoms with Gasteiger partial charge in [-0.3, -0.25) is 19.8 Å². The van der Waals surface area contributed by atoms with Crippen LogP contribution in [0.5, 0.6) is 0 Å². The van der Waals surface area contributed by atoms with E-state index in [9.17, 15) is 14.9 Å². The van der Waals surface area contributed by atoms with Crippen LogP contribution in [-0.4, -0.2) is 54.6 Å². The van der Waals surface area contributed by atoms with Crippen molar-refractivity contribution in [2.45, 2.75) is 26.3 Å². The van der Waals surface area contributed by atoms with E-state index in [0.717, 1.165) is 44.1 Å². The molecule has 0 saturated carbocycles. The van der Waals surface area contributed by atoms with Gasteiger partial charge in [0.1, 0.15) is 0 Å². The van der Waals surface area contributed by atoms with Crippen LogP contribution in [0.2, 0.25) is 0 Å². The van der Waals surface area contributed by atoms with Gasteiger partial charge in [0, 0.05) is 31.7 Å². The number of rotatable bonds is 7. The SMILES string of the molecule is CC(C)CC(CNC(=O)c1ccc([N+](=O)[O-])s1)N1CCOCC1. The standard InChI is InChI=1S/C15H23N3O4S/c1-11(2)9-12(17-5-7-22-8-6-17)10-16-15(19)13-3-4-14(23-13)18(20)21/h3-4,11-12H,5-10H2,1-2H3,(H,16,19). The minimum Gasteiger partial charge on any atom is -0.379 e. The summed E-state index contributed by atoms with van der Waals surface area (Å²) in [6.45, 7) is 8.06. The highest BCUT2D eigenvalue weighted by atomic mass is 32.1. The van der Waals surface area contributed by atoms with Crippen molar-refractivity contribution in [1.82, 2.24) is 10.2 Å². The van der Waals surface area contributed by atoms with Crippen LogP contribution in [0.3, 0.4) is 0 Å². The molecule has 0 spiro atoms. The zero-order chi connectivity index (χ0) is 16.8. The van der Waals surface area contributed by atoms with E-state index in [1.54, 1.807) is 0 Å². The largest absolute Gasteiger partial charge is 0.379 e. The van der Waals surface area contributed by atoms with Crippen LogP contribution in [0, 0.1) is 16.0 Å². The Morgan fingerprint density at radius 1 is 1.43 bits per heavy atom. The van der Waals surface area contributed by atoms with Crippen LogP contribution in [0.15, 0.2) is 12.1 Å². The molecule has 128 valence electrons. The van der Waals surface area contributed by atoms with Crippen molar-refractivity contribution in [3.63, 3.8) is 0 Å². The molecule has 1 aliphatic heterocycles. The van der Waals surface area contributed by atoms with Crippen LogP contribution in [-0.2, 0) is 4.74 Å². The van der Waals surface area contributed by atoms with Crippen molar-refractivity contribution >= 4 is 22.2 Å². The van der Waals surface area contributed by atoms with Crippen molar-refractivity contribution < 1.29 is 14.5 Å². The molecule has 1 aliphatic rings. The molecule has 1 aromatic rings. The van der Waals surface area contributed by atoms with Gasteiger partial charge in [-0.15, -0.1) is 0 Å². The first kappa shape index (κ1) is 17.8. The quantitative estimate of drug-likeness (QED) is 0.607. The first-order valence-corrected chi connectivity index (χ1v) is 8.63. The fraction of sp³-hybridized carbons (Fsp3) is 0.667. The minimum atomic E-state index is -0.475. The van der Waals surface area contributed by atoms with Gasteiger partial charge >= 0.3 is 5.00 Å². The monoisotopic (exact) mass is 341 g/mol. The van der Waals surface area contributed by atoms with Crippen molar-refractivity contribution in [2.75, 3.05) is 32.8 Å². The summed E-state index contributed by atoms with van der Waals surface area (Å²) in [7, 11) is 0. The summed E-state index contributed by atoms with van der Waals surface area (Å²) in [5.74, 6) is 0.285. The molecule has 1 N–H and O–H groups in total. The number of nitrogens with zero attached hydrogens (tertiary/aromatic N) is 2. The molecule has 0 aromatic carbocycles. The second-order valence-corrected chi connectivity index (χ2v) is 7.10. The molecule has 1 fully saturated rings. The maximum absolute atomic E-state index is 12.2. The molecular formula is C15H23N3O4S. The highest BCUT2D eigenvalue weighted by Crippen LogP contribution is 2.23. The van der Waals surface area contributed by atoms with E-state index >= 15 is 0 Å². The fourth-order valence-electron chi connectivity index (χ4n) is 2.69. The van der Waals surface area contributed by atoms with Gasteiger partial charge in [0.25, 0.3) is 5.91 Å². The predicted octanol–water partition coefficient (Wildman–Crippen LogP) is 2.13. The van der Waals surface area contributed by atoms with Crippen LogP contribution in [0.4, 0.5) is 5.00 Å².